The minimum atomic E-state index is -0.695. The summed E-state index contributed by atoms with van der Waals surface area (Å²) in [5, 5.41) is 0. The van der Waals surface area contributed by atoms with Crippen molar-refractivity contribution < 1.29 is 13.6 Å². The van der Waals surface area contributed by atoms with Crippen molar-refractivity contribution in [3.8, 4) is 0 Å². The van der Waals surface area contributed by atoms with Crippen LogP contribution in [0.4, 0.5) is 8.78 Å². The Morgan fingerprint density at radius 3 is 2.38 bits per heavy atom. The molecule has 0 aromatic heterocycles. The maximum absolute atomic E-state index is 13.5. The zero-order valence-corrected chi connectivity index (χ0v) is 13.0. The second-order valence-corrected chi connectivity index (χ2v) is 5.67. The van der Waals surface area contributed by atoms with E-state index >= 15 is 0 Å². The number of amides is 1. The van der Waals surface area contributed by atoms with Gasteiger partial charge in [-0.25, -0.2) is 8.78 Å². The van der Waals surface area contributed by atoms with Gasteiger partial charge in [0.1, 0.15) is 11.6 Å². The third-order valence-corrected chi connectivity index (χ3v) is 3.62. The number of hydrogen-bond acceptors (Lipinski definition) is 1. The SMILES string of the molecule is CN(Cc1cccc(Br)c1)C(=O)Cc1c(F)cccc1F. The van der Waals surface area contributed by atoms with Crippen LogP contribution in [0.5, 0.6) is 0 Å². The van der Waals surface area contributed by atoms with E-state index in [1.165, 1.54) is 11.0 Å². The van der Waals surface area contributed by atoms with Crippen molar-refractivity contribution in [1.29, 1.82) is 0 Å². The van der Waals surface area contributed by atoms with Crippen molar-refractivity contribution >= 4 is 21.8 Å². The second-order valence-electron chi connectivity index (χ2n) is 4.76. The molecule has 21 heavy (non-hydrogen) atoms. The maximum Gasteiger partial charge on any atom is 0.227 e. The number of rotatable bonds is 4. The van der Waals surface area contributed by atoms with Crippen molar-refractivity contribution in [1.82, 2.24) is 4.90 Å². The fourth-order valence-electron chi connectivity index (χ4n) is 1.98. The lowest BCUT2D eigenvalue weighted by atomic mass is 10.1. The molecule has 0 bridgehead atoms. The molecular formula is C16H14BrF2NO. The van der Waals surface area contributed by atoms with Crippen LogP contribution in [0.3, 0.4) is 0 Å². The quantitative estimate of drug-likeness (QED) is 0.815. The van der Waals surface area contributed by atoms with E-state index < -0.39 is 11.6 Å². The summed E-state index contributed by atoms with van der Waals surface area (Å²) < 4.78 is 28.0. The molecule has 0 aliphatic heterocycles. The summed E-state index contributed by atoms with van der Waals surface area (Å²) in [4.78, 5) is 13.5. The summed E-state index contributed by atoms with van der Waals surface area (Å²) in [6, 6.07) is 11.1. The molecule has 0 atom stereocenters. The van der Waals surface area contributed by atoms with Gasteiger partial charge in [0.2, 0.25) is 5.91 Å². The summed E-state index contributed by atoms with van der Waals surface area (Å²) in [5.41, 5.74) is 0.748. The molecule has 0 heterocycles. The number of nitrogens with zero attached hydrogens (tertiary/aromatic N) is 1. The van der Waals surface area contributed by atoms with Gasteiger partial charge in [0.05, 0.1) is 6.42 Å². The molecule has 0 fully saturated rings. The smallest absolute Gasteiger partial charge is 0.227 e. The van der Waals surface area contributed by atoms with E-state index in [4.69, 9.17) is 0 Å². The number of likely N-dealkylation sites (N-methyl/N-ethyl adjacent to an activating group) is 1. The van der Waals surface area contributed by atoms with E-state index in [9.17, 15) is 13.6 Å². The van der Waals surface area contributed by atoms with Gasteiger partial charge >= 0.3 is 0 Å². The van der Waals surface area contributed by atoms with Gasteiger partial charge in [-0.2, -0.15) is 0 Å². The van der Waals surface area contributed by atoms with E-state index in [2.05, 4.69) is 15.9 Å². The fourth-order valence-corrected chi connectivity index (χ4v) is 2.43. The minimum Gasteiger partial charge on any atom is -0.341 e. The molecule has 110 valence electrons. The van der Waals surface area contributed by atoms with Crippen LogP contribution in [0.2, 0.25) is 0 Å². The summed E-state index contributed by atoms with van der Waals surface area (Å²) in [6.07, 6.45) is -0.289. The first-order valence-corrected chi connectivity index (χ1v) is 7.18. The molecule has 2 aromatic carbocycles. The van der Waals surface area contributed by atoms with Gasteiger partial charge in [-0.05, 0) is 29.8 Å². The van der Waals surface area contributed by atoms with Crippen molar-refractivity contribution in [3.05, 3.63) is 69.7 Å². The predicted molar refractivity (Wildman–Crippen MR) is 80.7 cm³/mol. The summed E-state index contributed by atoms with van der Waals surface area (Å²) in [6.45, 7) is 0.383. The summed E-state index contributed by atoms with van der Waals surface area (Å²) >= 11 is 3.36. The maximum atomic E-state index is 13.5. The molecule has 0 aliphatic carbocycles. The van der Waals surface area contributed by atoms with Gasteiger partial charge in [0, 0.05) is 23.6 Å². The van der Waals surface area contributed by atoms with Crippen molar-refractivity contribution in [2.24, 2.45) is 0 Å². The second kappa shape index (κ2) is 6.80. The third-order valence-electron chi connectivity index (χ3n) is 3.12. The van der Waals surface area contributed by atoms with Gasteiger partial charge in [0.15, 0.2) is 0 Å². The predicted octanol–water partition coefficient (Wildman–Crippen LogP) is 3.93. The van der Waals surface area contributed by atoms with Crippen LogP contribution < -0.4 is 0 Å². The lowest BCUT2D eigenvalue weighted by Gasteiger charge is -2.18. The van der Waals surface area contributed by atoms with E-state index in [0.29, 0.717) is 6.54 Å². The molecule has 0 spiro atoms. The van der Waals surface area contributed by atoms with Crippen LogP contribution in [0, 0.1) is 11.6 Å². The number of carbonyl (C=O) groups excluding carboxylic acids is 1. The van der Waals surface area contributed by atoms with Crippen LogP contribution >= 0.6 is 15.9 Å². The summed E-state index contributed by atoms with van der Waals surface area (Å²) in [7, 11) is 1.61. The van der Waals surface area contributed by atoms with Gasteiger partial charge < -0.3 is 4.90 Å². The molecule has 0 saturated carbocycles. The van der Waals surface area contributed by atoms with E-state index in [-0.39, 0.29) is 17.9 Å². The minimum absolute atomic E-state index is 0.191. The standard InChI is InChI=1S/C16H14BrF2NO/c1-20(10-11-4-2-5-12(17)8-11)16(21)9-13-14(18)6-3-7-15(13)19/h2-8H,9-10H2,1H3. The molecule has 0 N–H and O–H groups in total. The Morgan fingerprint density at radius 2 is 1.76 bits per heavy atom. The van der Waals surface area contributed by atoms with Gasteiger partial charge in [-0.3, -0.25) is 4.79 Å². The Labute approximate surface area is 130 Å². The lowest BCUT2D eigenvalue weighted by molar-refractivity contribution is -0.129. The Hall–Kier alpha value is -1.75. The Kier molecular flexibility index (Phi) is 5.07. The van der Waals surface area contributed by atoms with Crippen LogP contribution in [-0.4, -0.2) is 17.9 Å². The molecule has 5 heteroatoms. The fraction of sp³-hybridized carbons (Fsp3) is 0.188. The Bertz CT molecular complexity index is 640. The van der Waals surface area contributed by atoms with Crippen LogP contribution in [0.25, 0.3) is 0 Å². The molecule has 1 amide bonds. The number of halogens is 3. The molecule has 2 nitrogen and oxygen atoms in total. The molecular weight excluding hydrogens is 340 g/mol. The normalized spacial score (nSPS) is 10.5. The average molecular weight is 354 g/mol. The van der Waals surface area contributed by atoms with Crippen LogP contribution in [0.1, 0.15) is 11.1 Å². The van der Waals surface area contributed by atoms with E-state index in [1.807, 2.05) is 24.3 Å². The van der Waals surface area contributed by atoms with Crippen LogP contribution in [0.15, 0.2) is 46.9 Å². The largest absolute Gasteiger partial charge is 0.341 e. The molecule has 0 unspecified atom stereocenters. The average Bonchev–Trinajstić information content (AvgIpc) is 2.43. The van der Waals surface area contributed by atoms with E-state index in [1.54, 1.807) is 7.05 Å². The van der Waals surface area contributed by atoms with E-state index in [0.717, 1.165) is 22.2 Å². The zero-order chi connectivity index (χ0) is 15.4. The Morgan fingerprint density at radius 1 is 1.14 bits per heavy atom. The molecule has 0 radical (unpaired) electrons. The van der Waals surface area contributed by atoms with Crippen molar-refractivity contribution in [3.63, 3.8) is 0 Å². The third kappa shape index (κ3) is 4.11. The molecule has 2 rings (SSSR count). The monoisotopic (exact) mass is 353 g/mol. The van der Waals surface area contributed by atoms with Gasteiger partial charge in [-0.15, -0.1) is 0 Å². The summed E-state index contributed by atoms with van der Waals surface area (Å²) in [5.74, 6) is -1.72. The van der Waals surface area contributed by atoms with Crippen molar-refractivity contribution in [2.45, 2.75) is 13.0 Å². The molecule has 2 aromatic rings. The first-order chi connectivity index (χ1) is 9.97. The van der Waals surface area contributed by atoms with Gasteiger partial charge in [0.25, 0.3) is 0 Å². The molecule has 0 saturated heterocycles. The number of carbonyl (C=O) groups is 1. The highest BCUT2D eigenvalue weighted by Gasteiger charge is 2.16. The lowest BCUT2D eigenvalue weighted by Crippen LogP contribution is -2.28. The first kappa shape index (κ1) is 15.6. The zero-order valence-electron chi connectivity index (χ0n) is 11.4. The highest BCUT2D eigenvalue weighted by molar-refractivity contribution is 9.10. The first-order valence-electron chi connectivity index (χ1n) is 6.38. The highest BCUT2D eigenvalue weighted by Crippen LogP contribution is 2.16. The van der Waals surface area contributed by atoms with Crippen molar-refractivity contribution in [2.75, 3.05) is 7.05 Å². The van der Waals surface area contributed by atoms with Gasteiger partial charge in [-0.1, -0.05) is 34.1 Å². The molecule has 0 aliphatic rings. The topological polar surface area (TPSA) is 20.3 Å². The van der Waals surface area contributed by atoms with Crippen LogP contribution in [-0.2, 0) is 17.8 Å². The number of benzene rings is 2. The Balaban J connectivity index is 2.06. The highest BCUT2D eigenvalue weighted by atomic mass is 79.9. The number of hydrogen-bond donors (Lipinski definition) is 0.